The van der Waals surface area contributed by atoms with Gasteiger partial charge >= 0.3 is 5.97 Å². The van der Waals surface area contributed by atoms with Crippen LogP contribution in [0.5, 0.6) is 0 Å². The first-order chi connectivity index (χ1) is 10.0. The number of benzene rings is 1. The Hall–Kier alpha value is -1.60. The minimum absolute atomic E-state index is 0.133. The van der Waals surface area contributed by atoms with Crippen LogP contribution in [0.2, 0.25) is 5.02 Å². The molecule has 110 valence electrons. The molecule has 1 aliphatic rings. The number of carbonyl (C=O) groups is 1. The maximum absolute atomic E-state index is 13.6. The van der Waals surface area contributed by atoms with Crippen molar-refractivity contribution >= 4 is 29.3 Å². The molecule has 0 saturated heterocycles. The quantitative estimate of drug-likeness (QED) is 0.855. The molecule has 0 unspecified atom stereocenters. The number of rotatable bonds is 5. The van der Waals surface area contributed by atoms with Gasteiger partial charge in [-0.05, 0) is 31.0 Å². The number of thioether (sulfide) groups is 1. The topological polar surface area (TPSA) is 68.0 Å². The number of aromatic nitrogens is 3. The lowest BCUT2D eigenvalue weighted by atomic mass is 10.3. The summed E-state index contributed by atoms with van der Waals surface area (Å²) in [5.74, 6) is -0.517. The largest absolute Gasteiger partial charge is 0.481 e. The van der Waals surface area contributed by atoms with Crippen molar-refractivity contribution in [2.75, 3.05) is 5.75 Å². The van der Waals surface area contributed by atoms with Crippen molar-refractivity contribution in [1.82, 2.24) is 14.8 Å². The van der Waals surface area contributed by atoms with Crippen molar-refractivity contribution in [3.05, 3.63) is 34.9 Å². The second-order valence-corrected chi connectivity index (χ2v) is 6.14. The zero-order chi connectivity index (χ0) is 15.0. The Morgan fingerprint density at radius 3 is 2.81 bits per heavy atom. The molecule has 0 spiro atoms. The van der Waals surface area contributed by atoms with Crippen LogP contribution in [0.15, 0.2) is 23.4 Å². The number of carboxylic acids is 1. The maximum atomic E-state index is 13.6. The van der Waals surface area contributed by atoms with Crippen molar-refractivity contribution in [3.63, 3.8) is 0 Å². The number of hydrogen-bond acceptors (Lipinski definition) is 4. The lowest BCUT2D eigenvalue weighted by Crippen LogP contribution is -2.04. The molecule has 2 aromatic rings. The summed E-state index contributed by atoms with van der Waals surface area (Å²) >= 11 is 6.95. The number of nitrogens with zero attached hydrogens (tertiary/aromatic N) is 3. The van der Waals surface area contributed by atoms with Crippen molar-refractivity contribution in [3.8, 4) is 5.69 Å². The molecule has 5 nitrogen and oxygen atoms in total. The van der Waals surface area contributed by atoms with Crippen molar-refractivity contribution < 1.29 is 14.3 Å². The van der Waals surface area contributed by atoms with Gasteiger partial charge in [-0.3, -0.25) is 9.36 Å². The van der Waals surface area contributed by atoms with Gasteiger partial charge in [0, 0.05) is 10.9 Å². The van der Waals surface area contributed by atoms with Gasteiger partial charge in [-0.15, -0.1) is 10.2 Å². The Balaban J connectivity index is 2.04. The monoisotopic (exact) mass is 327 g/mol. The SMILES string of the molecule is O=C(O)CSc1nnc(C2CC2)n1-c1cc(F)cc(Cl)c1. The highest BCUT2D eigenvalue weighted by molar-refractivity contribution is 7.99. The van der Waals surface area contributed by atoms with E-state index in [4.69, 9.17) is 16.7 Å². The number of carboxylic acid groups (broad SMARTS) is 1. The molecule has 0 atom stereocenters. The van der Waals surface area contributed by atoms with Crippen molar-refractivity contribution in [2.45, 2.75) is 23.9 Å². The summed E-state index contributed by atoms with van der Waals surface area (Å²) in [6.07, 6.45) is 2.01. The normalized spacial score (nSPS) is 14.4. The van der Waals surface area contributed by atoms with Gasteiger partial charge < -0.3 is 5.11 Å². The first kappa shape index (κ1) is 14.3. The van der Waals surface area contributed by atoms with E-state index >= 15 is 0 Å². The highest BCUT2D eigenvalue weighted by atomic mass is 35.5. The summed E-state index contributed by atoms with van der Waals surface area (Å²) in [6, 6.07) is 4.17. The minimum Gasteiger partial charge on any atom is -0.481 e. The number of aliphatic carboxylic acids is 1. The summed E-state index contributed by atoms with van der Waals surface area (Å²) < 4.78 is 15.3. The van der Waals surface area contributed by atoms with E-state index in [9.17, 15) is 9.18 Å². The molecule has 0 bridgehead atoms. The average Bonchev–Trinajstić information content (AvgIpc) is 3.15. The molecule has 0 amide bonds. The molecule has 1 aliphatic carbocycles. The van der Waals surface area contributed by atoms with Crippen LogP contribution in [0.25, 0.3) is 5.69 Å². The van der Waals surface area contributed by atoms with Crippen LogP contribution in [0, 0.1) is 5.82 Å². The first-order valence-corrected chi connectivity index (χ1v) is 7.67. The molecule has 3 rings (SSSR count). The molecule has 1 aromatic heterocycles. The molecule has 0 aliphatic heterocycles. The molecule has 0 radical (unpaired) electrons. The van der Waals surface area contributed by atoms with Crippen LogP contribution in [0.1, 0.15) is 24.6 Å². The third-order valence-corrected chi connectivity index (χ3v) is 4.16. The Bertz CT molecular complexity index is 682. The molecule has 1 fully saturated rings. The van der Waals surface area contributed by atoms with E-state index in [1.807, 2.05) is 0 Å². The molecule has 1 N–H and O–H groups in total. The van der Waals surface area contributed by atoms with Crippen LogP contribution in [-0.2, 0) is 4.79 Å². The average molecular weight is 328 g/mol. The van der Waals surface area contributed by atoms with E-state index in [1.54, 1.807) is 10.6 Å². The van der Waals surface area contributed by atoms with E-state index in [0.29, 0.717) is 16.8 Å². The number of halogens is 2. The van der Waals surface area contributed by atoms with Crippen molar-refractivity contribution in [1.29, 1.82) is 0 Å². The fraction of sp³-hybridized carbons (Fsp3) is 0.308. The summed E-state index contributed by atoms with van der Waals surface area (Å²) in [6.45, 7) is 0. The van der Waals surface area contributed by atoms with Gasteiger partial charge in [0.15, 0.2) is 5.16 Å². The highest BCUT2D eigenvalue weighted by Crippen LogP contribution is 2.41. The Labute approximate surface area is 129 Å². The Morgan fingerprint density at radius 2 is 2.19 bits per heavy atom. The predicted molar refractivity (Wildman–Crippen MR) is 76.7 cm³/mol. The lowest BCUT2D eigenvalue weighted by molar-refractivity contribution is -0.133. The summed E-state index contributed by atoms with van der Waals surface area (Å²) in [7, 11) is 0. The van der Waals surface area contributed by atoms with Gasteiger partial charge in [-0.2, -0.15) is 0 Å². The lowest BCUT2D eigenvalue weighted by Gasteiger charge is -2.10. The zero-order valence-electron chi connectivity index (χ0n) is 10.8. The summed E-state index contributed by atoms with van der Waals surface area (Å²) in [5, 5.41) is 17.7. The Kier molecular flexibility index (Phi) is 3.86. The number of hydrogen-bond donors (Lipinski definition) is 1. The van der Waals surface area contributed by atoms with E-state index in [1.165, 1.54) is 12.1 Å². The van der Waals surface area contributed by atoms with Crippen LogP contribution < -0.4 is 0 Å². The molecule has 21 heavy (non-hydrogen) atoms. The molecular weight excluding hydrogens is 317 g/mol. The second-order valence-electron chi connectivity index (χ2n) is 4.76. The minimum atomic E-state index is -0.945. The third kappa shape index (κ3) is 3.19. The molecular formula is C13H11ClFN3O2S. The van der Waals surface area contributed by atoms with Gasteiger partial charge in [0.05, 0.1) is 11.4 Å². The molecule has 1 heterocycles. The van der Waals surface area contributed by atoms with Crippen LogP contribution in [0.4, 0.5) is 4.39 Å². The fourth-order valence-electron chi connectivity index (χ4n) is 2.02. The highest BCUT2D eigenvalue weighted by Gasteiger charge is 2.31. The molecule has 1 aromatic carbocycles. The van der Waals surface area contributed by atoms with Crippen LogP contribution in [-0.4, -0.2) is 31.6 Å². The van der Waals surface area contributed by atoms with E-state index in [0.717, 1.165) is 30.4 Å². The first-order valence-electron chi connectivity index (χ1n) is 6.31. The predicted octanol–water partition coefficient (Wildman–Crippen LogP) is 3.11. The van der Waals surface area contributed by atoms with E-state index < -0.39 is 11.8 Å². The van der Waals surface area contributed by atoms with Gasteiger partial charge in [-0.1, -0.05) is 23.4 Å². The van der Waals surface area contributed by atoms with Gasteiger partial charge in [0.2, 0.25) is 0 Å². The van der Waals surface area contributed by atoms with E-state index in [2.05, 4.69) is 10.2 Å². The second kappa shape index (κ2) is 5.65. The summed E-state index contributed by atoms with van der Waals surface area (Å²) in [4.78, 5) is 10.7. The van der Waals surface area contributed by atoms with Crippen LogP contribution in [0.3, 0.4) is 0 Å². The Morgan fingerprint density at radius 1 is 1.43 bits per heavy atom. The standard InChI is InChI=1S/C13H11ClFN3O2S/c14-8-3-9(15)5-10(4-8)18-12(7-1-2-7)16-17-13(18)21-6-11(19)20/h3-5,7H,1-2,6H2,(H,19,20). The van der Waals surface area contributed by atoms with Crippen LogP contribution >= 0.6 is 23.4 Å². The maximum Gasteiger partial charge on any atom is 0.313 e. The fourth-order valence-corrected chi connectivity index (χ4v) is 2.91. The molecule has 8 heteroatoms. The molecule has 1 saturated carbocycles. The summed E-state index contributed by atoms with van der Waals surface area (Å²) in [5.41, 5.74) is 0.514. The van der Waals surface area contributed by atoms with Crippen molar-refractivity contribution in [2.24, 2.45) is 0 Å². The third-order valence-electron chi connectivity index (χ3n) is 3.03. The zero-order valence-corrected chi connectivity index (χ0v) is 12.4. The van der Waals surface area contributed by atoms with E-state index in [-0.39, 0.29) is 10.8 Å². The van der Waals surface area contributed by atoms with Gasteiger partial charge in [-0.25, -0.2) is 4.39 Å². The van der Waals surface area contributed by atoms with Gasteiger partial charge in [0.1, 0.15) is 11.6 Å². The van der Waals surface area contributed by atoms with Gasteiger partial charge in [0.25, 0.3) is 0 Å². The smallest absolute Gasteiger partial charge is 0.313 e.